The highest BCUT2D eigenvalue weighted by atomic mass is 16.4. The Bertz CT molecular complexity index is 746. The number of nitrogens with two attached hydrogens (primary N) is 1. The maximum atomic E-state index is 10.6. The van der Waals surface area contributed by atoms with E-state index in [1.165, 1.54) is 0 Å². The van der Waals surface area contributed by atoms with Crippen LogP contribution >= 0.6 is 0 Å². The van der Waals surface area contributed by atoms with Crippen LogP contribution in [0.3, 0.4) is 0 Å². The number of nitrogens with one attached hydrogen (secondary N) is 1. The molecule has 0 radical (unpaired) electrons. The topological polar surface area (TPSA) is 117 Å². The third-order valence-electron chi connectivity index (χ3n) is 3.42. The van der Waals surface area contributed by atoms with Crippen molar-refractivity contribution in [1.82, 2.24) is 14.9 Å². The van der Waals surface area contributed by atoms with Crippen LogP contribution in [0, 0.1) is 6.92 Å². The quantitative estimate of drug-likeness (QED) is 0.395. The van der Waals surface area contributed by atoms with Gasteiger partial charge in [0.25, 0.3) is 0 Å². The summed E-state index contributed by atoms with van der Waals surface area (Å²) in [5.74, 6) is -0.188. The van der Waals surface area contributed by atoms with Crippen LogP contribution in [0.5, 0.6) is 0 Å². The predicted octanol–water partition coefficient (Wildman–Crippen LogP) is 1.07. The van der Waals surface area contributed by atoms with E-state index in [1.807, 2.05) is 31.2 Å². The van der Waals surface area contributed by atoms with Crippen LogP contribution in [-0.4, -0.2) is 58.6 Å². The lowest BCUT2D eigenvalue weighted by molar-refractivity contribution is -0.137. The second-order valence-corrected chi connectivity index (χ2v) is 5.53. The van der Waals surface area contributed by atoms with Crippen LogP contribution in [0.2, 0.25) is 0 Å². The molecule has 0 aliphatic carbocycles. The summed E-state index contributed by atoms with van der Waals surface area (Å²) in [6.45, 7) is 3.06. The van der Waals surface area contributed by atoms with E-state index >= 15 is 0 Å². The number of likely N-dealkylation sites (N-methyl/N-ethyl adjacent to an activating group) is 1. The molecule has 1 aromatic carbocycles. The number of benzene rings is 1. The van der Waals surface area contributed by atoms with Crippen molar-refractivity contribution in [1.29, 1.82) is 0 Å². The number of aryl methyl sites for hydroxylation is 1. The molecule has 0 aliphatic heterocycles. The number of aliphatic carboxylic acids is 1. The molecule has 4 N–H and O–H groups in total. The summed E-state index contributed by atoms with van der Waals surface area (Å²) < 4.78 is 0. The zero-order valence-electron chi connectivity index (χ0n) is 13.9. The van der Waals surface area contributed by atoms with Crippen molar-refractivity contribution in [2.24, 2.45) is 10.7 Å². The Labute approximate surface area is 140 Å². The Balaban J connectivity index is 1.90. The molecule has 0 aliphatic rings. The number of hydrogen-bond donors (Lipinski definition) is 3. The van der Waals surface area contributed by atoms with Crippen LogP contribution in [-0.2, 0) is 4.79 Å². The Morgan fingerprint density at radius 2 is 2.12 bits per heavy atom. The van der Waals surface area contributed by atoms with E-state index in [4.69, 9.17) is 10.8 Å². The molecule has 0 bridgehead atoms. The van der Waals surface area contributed by atoms with Gasteiger partial charge in [0.15, 0.2) is 5.96 Å². The lowest BCUT2D eigenvalue weighted by Crippen LogP contribution is -2.28. The summed E-state index contributed by atoms with van der Waals surface area (Å²) in [6, 6.07) is 7.76. The highest BCUT2D eigenvalue weighted by Gasteiger charge is 2.05. The third-order valence-corrected chi connectivity index (χ3v) is 3.42. The average molecular weight is 330 g/mol. The molecule has 24 heavy (non-hydrogen) atoms. The molecule has 8 heteroatoms. The van der Waals surface area contributed by atoms with Crippen molar-refractivity contribution < 1.29 is 9.90 Å². The molecule has 0 saturated heterocycles. The number of carbonyl (C=O) groups is 1. The van der Waals surface area contributed by atoms with Gasteiger partial charge in [-0.2, -0.15) is 0 Å². The van der Waals surface area contributed by atoms with Gasteiger partial charge in [-0.3, -0.25) is 20.0 Å². The molecule has 8 nitrogen and oxygen atoms in total. The highest BCUT2D eigenvalue weighted by Crippen LogP contribution is 2.16. The zero-order valence-corrected chi connectivity index (χ0v) is 13.9. The fourth-order valence-electron chi connectivity index (χ4n) is 2.30. The standard InChI is InChI=1S/C16H22N6O2/c1-11-12-6-3-4-7-13(12)20-16(19-11)21-15(17)18-8-5-9-22(2)10-14(23)24/h3-4,6-7H,5,8-10H2,1-2H3,(H,23,24)(H3,17,18,19,20,21). The Morgan fingerprint density at radius 3 is 2.88 bits per heavy atom. The number of fused-ring (bicyclic) bond motifs is 1. The number of hydrogen-bond acceptors (Lipinski definition) is 5. The van der Waals surface area contributed by atoms with Gasteiger partial charge in [-0.05, 0) is 26.5 Å². The number of aromatic nitrogens is 2. The van der Waals surface area contributed by atoms with Crippen molar-refractivity contribution in [3.8, 4) is 0 Å². The third kappa shape index (κ3) is 5.17. The molecule has 2 aromatic rings. The maximum absolute atomic E-state index is 10.6. The van der Waals surface area contributed by atoms with E-state index in [0.29, 0.717) is 25.5 Å². The molecule has 128 valence electrons. The summed E-state index contributed by atoms with van der Waals surface area (Å²) in [7, 11) is 1.76. The first-order valence-corrected chi connectivity index (χ1v) is 7.66. The van der Waals surface area contributed by atoms with Crippen molar-refractivity contribution in [2.45, 2.75) is 13.3 Å². The molecule has 0 fully saturated rings. The first-order chi connectivity index (χ1) is 11.5. The first kappa shape index (κ1) is 17.6. The minimum absolute atomic E-state index is 0.0155. The first-order valence-electron chi connectivity index (χ1n) is 7.66. The minimum atomic E-state index is -0.842. The summed E-state index contributed by atoms with van der Waals surface area (Å²) in [5, 5.41) is 12.6. The fraction of sp³-hybridized carbons (Fsp3) is 0.375. The molecule has 0 unspecified atom stereocenters. The average Bonchev–Trinajstić information content (AvgIpc) is 2.51. The lowest BCUT2D eigenvalue weighted by atomic mass is 10.2. The maximum Gasteiger partial charge on any atom is 0.317 e. The number of nitrogens with zero attached hydrogens (tertiary/aromatic N) is 4. The normalized spacial score (nSPS) is 11.9. The molecular formula is C16H22N6O2. The Morgan fingerprint density at radius 1 is 1.38 bits per heavy atom. The molecule has 0 atom stereocenters. The van der Waals surface area contributed by atoms with E-state index in [0.717, 1.165) is 16.6 Å². The number of carboxylic acid groups (broad SMARTS) is 1. The van der Waals surface area contributed by atoms with Crippen molar-refractivity contribution in [3.05, 3.63) is 30.0 Å². The van der Waals surface area contributed by atoms with Gasteiger partial charge >= 0.3 is 5.97 Å². The second kappa shape index (κ2) is 8.21. The fourth-order valence-corrected chi connectivity index (χ4v) is 2.30. The zero-order chi connectivity index (χ0) is 17.5. The van der Waals surface area contributed by atoms with Crippen LogP contribution in [0.25, 0.3) is 10.9 Å². The minimum Gasteiger partial charge on any atom is -0.480 e. The number of carboxylic acids is 1. The number of para-hydroxylation sites is 1. The molecule has 1 heterocycles. The summed E-state index contributed by atoms with van der Waals surface area (Å²) in [4.78, 5) is 25.3. The summed E-state index contributed by atoms with van der Waals surface area (Å²) >= 11 is 0. The van der Waals surface area contributed by atoms with Crippen LogP contribution in [0.1, 0.15) is 12.1 Å². The largest absolute Gasteiger partial charge is 0.480 e. The van der Waals surface area contributed by atoms with Gasteiger partial charge < -0.3 is 10.8 Å². The Hall–Kier alpha value is -2.74. The van der Waals surface area contributed by atoms with E-state index in [9.17, 15) is 4.79 Å². The number of aliphatic imine (C=N–C) groups is 1. The van der Waals surface area contributed by atoms with Gasteiger partial charge in [0.05, 0.1) is 17.8 Å². The van der Waals surface area contributed by atoms with Gasteiger partial charge in [-0.25, -0.2) is 9.97 Å². The molecule has 0 amide bonds. The van der Waals surface area contributed by atoms with Gasteiger partial charge in [0.2, 0.25) is 5.95 Å². The van der Waals surface area contributed by atoms with Crippen molar-refractivity contribution >= 4 is 28.8 Å². The molecule has 0 spiro atoms. The number of rotatable bonds is 7. The summed E-state index contributed by atoms with van der Waals surface area (Å²) in [6.07, 6.45) is 0.712. The molecule has 2 rings (SSSR count). The van der Waals surface area contributed by atoms with Crippen LogP contribution in [0.4, 0.5) is 5.95 Å². The van der Waals surface area contributed by atoms with Gasteiger partial charge in [-0.15, -0.1) is 0 Å². The smallest absolute Gasteiger partial charge is 0.317 e. The van der Waals surface area contributed by atoms with Crippen LogP contribution < -0.4 is 11.1 Å². The van der Waals surface area contributed by atoms with Crippen molar-refractivity contribution in [3.63, 3.8) is 0 Å². The number of guanidine groups is 1. The SMILES string of the molecule is Cc1nc(NC(N)=NCCCN(C)CC(=O)O)nc2ccccc12. The Kier molecular flexibility index (Phi) is 6.02. The molecule has 0 saturated carbocycles. The van der Waals surface area contributed by atoms with Crippen molar-refractivity contribution in [2.75, 3.05) is 32.0 Å². The monoisotopic (exact) mass is 330 g/mol. The van der Waals surface area contributed by atoms with Gasteiger partial charge in [0, 0.05) is 18.5 Å². The van der Waals surface area contributed by atoms with Crippen LogP contribution in [0.15, 0.2) is 29.3 Å². The second-order valence-electron chi connectivity index (χ2n) is 5.53. The molecule has 1 aromatic heterocycles. The van der Waals surface area contributed by atoms with Gasteiger partial charge in [-0.1, -0.05) is 18.2 Å². The number of anilines is 1. The van der Waals surface area contributed by atoms with E-state index in [-0.39, 0.29) is 12.5 Å². The van der Waals surface area contributed by atoms with E-state index in [1.54, 1.807) is 11.9 Å². The van der Waals surface area contributed by atoms with E-state index in [2.05, 4.69) is 20.3 Å². The highest BCUT2D eigenvalue weighted by molar-refractivity contribution is 5.92. The van der Waals surface area contributed by atoms with Gasteiger partial charge in [0.1, 0.15) is 0 Å². The van der Waals surface area contributed by atoms with E-state index < -0.39 is 5.97 Å². The molecular weight excluding hydrogens is 308 g/mol. The predicted molar refractivity (Wildman–Crippen MR) is 94.1 cm³/mol. The lowest BCUT2D eigenvalue weighted by Gasteiger charge is -2.12. The summed E-state index contributed by atoms with van der Waals surface area (Å²) in [5.41, 5.74) is 7.56.